The number of rotatable bonds is 1. The third kappa shape index (κ3) is 1.85. The van der Waals surface area contributed by atoms with Crippen LogP contribution in [-0.4, -0.2) is 15.9 Å². The van der Waals surface area contributed by atoms with Crippen LogP contribution in [0.3, 0.4) is 0 Å². The van der Waals surface area contributed by atoms with Crippen molar-refractivity contribution in [2.75, 3.05) is 11.1 Å². The fourth-order valence-electron chi connectivity index (χ4n) is 1.36. The summed E-state index contributed by atoms with van der Waals surface area (Å²) in [5.74, 6) is 0.325. The van der Waals surface area contributed by atoms with Crippen LogP contribution in [0.4, 0.5) is 11.5 Å². The van der Waals surface area contributed by atoms with Crippen molar-refractivity contribution in [1.29, 1.82) is 0 Å². The van der Waals surface area contributed by atoms with Gasteiger partial charge in [0.05, 0.1) is 5.52 Å². The molecule has 0 fully saturated rings. The van der Waals surface area contributed by atoms with E-state index in [9.17, 15) is 4.79 Å². The summed E-state index contributed by atoms with van der Waals surface area (Å²) in [6, 6.07) is 5.31. The predicted octanol–water partition coefficient (Wildman–Crippen LogP) is 1.17. The number of nitrogen functional groups attached to an aromatic ring is 1. The molecule has 15 heavy (non-hydrogen) atoms. The van der Waals surface area contributed by atoms with E-state index in [2.05, 4.69) is 15.3 Å². The molecule has 0 aliphatic heterocycles. The molecule has 3 N–H and O–H groups in total. The molecular formula is C10H10N4O. The topological polar surface area (TPSA) is 80.9 Å². The third-order valence-corrected chi connectivity index (χ3v) is 1.99. The first-order valence-corrected chi connectivity index (χ1v) is 4.44. The zero-order valence-corrected chi connectivity index (χ0v) is 8.19. The minimum absolute atomic E-state index is 0.114. The minimum Gasteiger partial charge on any atom is -0.383 e. The maximum absolute atomic E-state index is 10.8. The predicted molar refractivity (Wildman–Crippen MR) is 58.3 cm³/mol. The average molecular weight is 202 g/mol. The van der Waals surface area contributed by atoms with Crippen LogP contribution in [0, 0.1) is 0 Å². The van der Waals surface area contributed by atoms with Gasteiger partial charge in [0.1, 0.15) is 12.1 Å². The van der Waals surface area contributed by atoms with Crippen molar-refractivity contribution in [3.05, 3.63) is 24.5 Å². The van der Waals surface area contributed by atoms with E-state index in [0.29, 0.717) is 17.0 Å². The number of nitrogens with two attached hydrogens (primary N) is 1. The molecule has 0 unspecified atom stereocenters. The molecule has 1 aromatic carbocycles. The smallest absolute Gasteiger partial charge is 0.221 e. The first-order valence-electron chi connectivity index (χ1n) is 4.44. The van der Waals surface area contributed by atoms with E-state index in [1.54, 1.807) is 18.2 Å². The van der Waals surface area contributed by atoms with Crippen LogP contribution in [0.5, 0.6) is 0 Å². The molecule has 0 bridgehead atoms. The van der Waals surface area contributed by atoms with E-state index in [1.807, 2.05) is 0 Å². The van der Waals surface area contributed by atoms with Crippen molar-refractivity contribution in [2.24, 2.45) is 0 Å². The third-order valence-electron chi connectivity index (χ3n) is 1.99. The number of nitrogens with zero attached hydrogens (tertiary/aromatic N) is 2. The molecule has 1 amide bonds. The van der Waals surface area contributed by atoms with Gasteiger partial charge in [-0.15, -0.1) is 0 Å². The molecule has 0 spiro atoms. The maximum Gasteiger partial charge on any atom is 0.221 e. The van der Waals surface area contributed by atoms with Gasteiger partial charge < -0.3 is 11.1 Å². The highest BCUT2D eigenvalue weighted by Gasteiger charge is 2.02. The van der Waals surface area contributed by atoms with Crippen molar-refractivity contribution in [1.82, 2.24) is 9.97 Å². The number of nitrogens with one attached hydrogen (secondary N) is 1. The Balaban J connectivity index is 2.52. The highest BCUT2D eigenvalue weighted by atomic mass is 16.1. The molecule has 1 aromatic heterocycles. The summed E-state index contributed by atoms with van der Waals surface area (Å²) < 4.78 is 0. The highest BCUT2D eigenvalue weighted by molar-refractivity contribution is 5.94. The van der Waals surface area contributed by atoms with Gasteiger partial charge in [-0.25, -0.2) is 9.97 Å². The van der Waals surface area contributed by atoms with Crippen molar-refractivity contribution >= 4 is 28.3 Å². The number of benzene rings is 1. The number of hydrogen-bond acceptors (Lipinski definition) is 4. The molecule has 1 heterocycles. The molecule has 5 heteroatoms. The average Bonchev–Trinajstić information content (AvgIpc) is 2.17. The Kier molecular flexibility index (Phi) is 2.21. The summed E-state index contributed by atoms with van der Waals surface area (Å²) in [4.78, 5) is 18.8. The van der Waals surface area contributed by atoms with Crippen LogP contribution in [0.15, 0.2) is 24.5 Å². The van der Waals surface area contributed by atoms with Crippen LogP contribution in [0.2, 0.25) is 0 Å². The van der Waals surface area contributed by atoms with Crippen LogP contribution in [0.1, 0.15) is 6.92 Å². The van der Waals surface area contributed by atoms with Gasteiger partial charge >= 0.3 is 0 Å². The maximum atomic E-state index is 10.8. The number of anilines is 2. The lowest BCUT2D eigenvalue weighted by atomic mass is 10.2. The normalized spacial score (nSPS) is 10.2. The molecule has 0 aliphatic rings. The van der Waals surface area contributed by atoms with Crippen molar-refractivity contribution < 1.29 is 4.79 Å². The van der Waals surface area contributed by atoms with Gasteiger partial charge in [-0.1, -0.05) is 0 Å². The van der Waals surface area contributed by atoms with Gasteiger partial charge in [0, 0.05) is 18.0 Å². The summed E-state index contributed by atoms with van der Waals surface area (Å²) in [7, 11) is 0. The summed E-state index contributed by atoms with van der Waals surface area (Å²) in [5, 5.41) is 3.46. The Hall–Kier alpha value is -2.17. The van der Waals surface area contributed by atoms with Gasteiger partial charge in [-0.3, -0.25) is 4.79 Å². The summed E-state index contributed by atoms with van der Waals surface area (Å²) in [5.41, 5.74) is 7.09. The van der Waals surface area contributed by atoms with Crippen molar-refractivity contribution in [3.8, 4) is 0 Å². The van der Waals surface area contributed by atoms with Crippen LogP contribution in [-0.2, 0) is 4.79 Å². The molecule has 2 aromatic rings. The molecule has 0 radical (unpaired) electrons. The van der Waals surface area contributed by atoms with E-state index < -0.39 is 0 Å². The van der Waals surface area contributed by atoms with E-state index in [4.69, 9.17) is 5.73 Å². The standard InChI is InChI=1S/C10H10N4O/c1-6(15)14-7-2-3-8-9(4-7)12-5-13-10(8)11/h2-5H,1H3,(H,14,15)(H2,11,12,13). The zero-order valence-electron chi connectivity index (χ0n) is 8.19. The van der Waals surface area contributed by atoms with Gasteiger partial charge in [-0.2, -0.15) is 0 Å². The van der Waals surface area contributed by atoms with E-state index in [0.717, 1.165) is 5.39 Å². The number of amides is 1. The molecule has 2 rings (SSSR count). The molecule has 76 valence electrons. The summed E-state index contributed by atoms with van der Waals surface area (Å²) >= 11 is 0. The Bertz CT molecular complexity index is 524. The lowest BCUT2D eigenvalue weighted by Gasteiger charge is -2.04. The lowest BCUT2D eigenvalue weighted by molar-refractivity contribution is -0.114. The largest absolute Gasteiger partial charge is 0.383 e. The Labute approximate surface area is 86.3 Å². The number of aromatic nitrogens is 2. The fourth-order valence-corrected chi connectivity index (χ4v) is 1.36. The molecule has 0 saturated heterocycles. The monoisotopic (exact) mass is 202 g/mol. The van der Waals surface area contributed by atoms with Crippen molar-refractivity contribution in [3.63, 3.8) is 0 Å². The van der Waals surface area contributed by atoms with Crippen molar-refractivity contribution in [2.45, 2.75) is 6.92 Å². The Morgan fingerprint density at radius 2 is 2.20 bits per heavy atom. The van der Waals surface area contributed by atoms with Crippen LogP contribution < -0.4 is 11.1 Å². The molecule has 5 nitrogen and oxygen atoms in total. The second-order valence-corrected chi connectivity index (χ2v) is 3.17. The van der Waals surface area contributed by atoms with Gasteiger partial charge in [-0.05, 0) is 18.2 Å². The summed E-state index contributed by atoms with van der Waals surface area (Å²) in [6.07, 6.45) is 1.40. The zero-order chi connectivity index (χ0) is 10.8. The quantitative estimate of drug-likeness (QED) is 0.727. The number of carbonyl (C=O) groups excluding carboxylic acids is 1. The SMILES string of the molecule is CC(=O)Nc1ccc2c(N)ncnc2c1. The second-order valence-electron chi connectivity index (χ2n) is 3.17. The molecule has 0 atom stereocenters. The number of fused-ring (bicyclic) bond motifs is 1. The van der Waals surface area contributed by atoms with Gasteiger partial charge in [0.15, 0.2) is 0 Å². The van der Waals surface area contributed by atoms with E-state index in [1.165, 1.54) is 13.3 Å². The van der Waals surface area contributed by atoms with Gasteiger partial charge in [0.2, 0.25) is 5.91 Å². The number of carbonyl (C=O) groups is 1. The highest BCUT2D eigenvalue weighted by Crippen LogP contribution is 2.20. The molecule has 0 aliphatic carbocycles. The summed E-state index contributed by atoms with van der Waals surface area (Å²) in [6.45, 7) is 1.46. The number of hydrogen-bond donors (Lipinski definition) is 2. The lowest BCUT2D eigenvalue weighted by Crippen LogP contribution is -2.05. The fraction of sp³-hybridized carbons (Fsp3) is 0.100. The Morgan fingerprint density at radius 1 is 1.40 bits per heavy atom. The van der Waals surface area contributed by atoms with E-state index in [-0.39, 0.29) is 5.91 Å². The minimum atomic E-state index is -0.114. The first kappa shape index (κ1) is 9.39. The Morgan fingerprint density at radius 3 is 2.93 bits per heavy atom. The molecule has 0 saturated carbocycles. The van der Waals surface area contributed by atoms with E-state index >= 15 is 0 Å². The molecular weight excluding hydrogens is 192 g/mol. The second kappa shape index (κ2) is 3.53. The first-order chi connectivity index (χ1) is 7.16. The van der Waals surface area contributed by atoms with Crippen LogP contribution >= 0.6 is 0 Å². The van der Waals surface area contributed by atoms with Crippen LogP contribution in [0.25, 0.3) is 10.9 Å². The van der Waals surface area contributed by atoms with Gasteiger partial charge in [0.25, 0.3) is 0 Å².